The van der Waals surface area contributed by atoms with Crippen LogP contribution in [0.3, 0.4) is 0 Å². The second kappa shape index (κ2) is 5.20. The molecule has 3 nitrogen and oxygen atoms in total. The van der Waals surface area contributed by atoms with Gasteiger partial charge >= 0.3 is 12.1 Å². The van der Waals surface area contributed by atoms with E-state index in [-0.39, 0.29) is 24.2 Å². The Balaban J connectivity index is 3.14. The lowest BCUT2D eigenvalue weighted by atomic mass is 10.0. The standard InChI is InChI=1S/C12H11F3O3/c1-7(16)2-3-8-4-9(11(17)18)6-10(5-8)12(13,14)15/h4-6H,2-3H2,1H3,(H,17,18). The molecule has 98 valence electrons. The van der Waals surface area contributed by atoms with Crippen molar-refractivity contribution in [1.29, 1.82) is 0 Å². The predicted octanol–water partition coefficient (Wildman–Crippen LogP) is 2.93. The first-order valence-electron chi connectivity index (χ1n) is 5.14. The highest BCUT2D eigenvalue weighted by atomic mass is 19.4. The molecule has 1 aromatic rings. The zero-order valence-corrected chi connectivity index (χ0v) is 9.54. The van der Waals surface area contributed by atoms with Gasteiger partial charge in [0.25, 0.3) is 0 Å². The number of Topliss-reactive ketones (excluding diaryl/α,β-unsaturated/α-hetero) is 1. The van der Waals surface area contributed by atoms with E-state index in [0.29, 0.717) is 6.07 Å². The van der Waals surface area contributed by atoms with Gasteiger partial charge in [-0.2, -0.15) is 13.2 Å². The summed E-state index contributed by atoms with van der Waals surface area (Å²) in [5.74, 6) is -1.59. The van der Waals surface area contributed by atoms with E-state index >= 15 is 0 Å². The molecule has 6 heteroatoms. The predicted molar refractivity (Wildman–Crippen MR) is 57.4 cm³/mol. The van der Waals surface area contributed by atoms with E-state index in [2.05, 4.69) is 0 Å². The summed E-state index contributed by atoms with van der Waals surface area (Å²) in [4.78, 5) is 21.5. The quantitative estimate of drug-likeness (QED) is 0.905. The van der Waals surface area contributed by atoms with Gasteiger partial charge in [0, 0.05) is 6.42 Å². The first kappa shape index (κ1) is 14.2. The van der Waals surface area contributed by atoms with Crippen molar-refractivity contribution in [3.05, 3.63) is 34.9 Å². The highest BCUT2D eigenvalue weighted by Crippen LogP contribution is 2.31. The van der Waals surface area contributed by atoms with Crippen LogP contribution in [0.1, 0.15) is 34.8 Å². The third-order valence-corrected chi connectivity index (χ3v) is 2.33. The summed E-state index contributed by atoms with van der Waals surface area (Å²) in [5.41, 5.74) is -1.25. The van der Waals surface area contributed by atoms with E-state index in [4.69, 9.17) is 5.11 Å². The fourth-order valence-corrected chi connectivity index (χ4v) is 1.44. The molecule has 0 unspecified atom stereocenters. The van der Waals surface area contributed by atoms with Crippen LogP contribution in [0.15, 0.2) is 18.2 Å². The number of aryl methyl sites for hydroxylation is 1. The van der Waals surface area contributed by atoms with Crippen LogP contribution in [0, 0.1) is 0 Å². The number of halogens is 3. The van der Waals surface area contributed by atoms with Crippen LogP contribution in [-0.4, -0.2) is 16.9 Å². The summed E-state index contributed by atoms with van der Waals surface area (Å²) >= 11 is 0. The first-order chi connectivity index (χ1) is 8.20. The second-order valence-electron chi connectivity index (χ2n) is 3.92. The number of carbonyl (C=O) groups excluding carboxylic acids is 1. The molecule has 1 rings (SSSR count). The van der Waals surface area contributed by atoms with Crippen LogP contribution in [0.5, 0.6) is 0 Å². The van der Waals surface area contributed by atoms with Gasteiger partial charge in [0.1, 0.15) is 5.78 Å². The molecule has 0 fully saturated rings. The lowest BCUT2D eigenvalue weighted by molar-refractivity contribution is -0.137. The maximum atomic E-state index is 12.6. The van der Waals surface area contributed by atoms with Crippen molar-refractivity contribution in [3.8, 4) is 0 Å². The molecule has 0 aliphatic carbocycles. The number of rotatable bonds is 4. The number of ketones is 1. The van der Waals surface area contributed by atoms with Gasteiger partial charge < -0.3 is 9.90 Å². The second-order valence-corrected chi connectivity index (χ2v) is 3.92. The highest BCUT2D eigenvalue weighted by molar-refractivity contribution is 5.88. The molecule has 0 spiro atoms. The van der Waals surface area contributed by atoms with Crippen molar-refractivity contribution in [3.63, 3.8) is 0 Å². The van der Waals surface area contributed by atoms with Crippen LogP contribution in [0.25, 0.3) is 0 Å². The summed E-state index contributed by atoms with van der Waals surface area (Å²) in [5, 5.41) is 8.74. The summed E-state index contributed by atoms with van der Waals surface area (Å²) in [7, 11) is 0. The maximum absolute atomic E-state index is 12.6. The minimum absolute atomic E-state index is 0.0837. The van der Waals surface area contributed by atoms with Gasteiger partial charge in [-0.15, -0.1) is 0 Å². The molecule has 0 saturated carbocycles. The number of carboxylic acids is 1. The molecule has 0 amide bonds. The van der Waals surface area contributed by atoms with Gasteiger partial charge in [0.05, 0.1) is 11.1 Å². The zero-order valence-electron chi connectivity index (χ0n) is 9.54. The number of benzene rings is 1. The summed E-state index contributed by atoms with van der Waals surface area (Å²) in [6.45, 7) is 1.33. The number of hydrogen-bond donors (Lipinski definition) is 1. The van der Waals surface area contributed by atoms with Gasteiger partial charge in [-0.25, -0.2) is 4.79 Å². The van der Waals surface area contributed by atoms with E-state index in [1.165, 1.54) is 6.92 Å². The van der Waals surface area contributed by atoms with Crippen LogP contribution in [0.2, 0.25) is 0 Å². The Hall–Kier alpha value is -1.85. The minimum atomic E-state index is -4.60. The Labute approximate surface area is 101 Å². The fourth-order valence-electron chi connectivity index (χ4n) is 1.44. The Kier molecular flexibility index (Phi) is 4.11. The van der Waals surface area contributed by atoms with E-state index in [1.807, 2.05) is 0 Å². The molecule has 1 N–H and O–H groups in total. The highest BCUT2D eigenvalue weighted by Gasteiger charge is 2.31. The molecular weight excluding hydrogens is 249 g/mol. The first-order valence-corrected chi connectivity index (χ1v) is 5.14. The van der Waals surface area contributed by atoms with Gasteiger partial charge in [0.15, 0.2) is 0 Å². The largest absolute Gasteiger partial charge is 0.478 e. The molecule has 0 radical (unpaired) electrons. The Morgan fingerprint density at radius 1 is 1.22 bits per heavy atom. The number of alkyl halides is 3. The maximum Gasteiger partial charge on any atom is 0.416 e. The lowest BCUT2D eigenvalue weighted by Crippen LogP contribution is -2.09. The minimum Gasteiger partial charge on any atom is -0.478 e. The van der Waals surface area contributed by atoms with Crippen LogP contribution in [0.4, 0.5) is 13.2 Å². The SMILES string of the molecule is CC(=O)CCc1cc(C(=O)O)cc(C(F)(F)F)c1. The lowest BCUT2D eigenvalue weighted by Gasteiger charge is -2.10. The Morgan fingerprint density at radius 3 is 2.28 bits per heavy atom. The monoisotopic (exact) mass is 260 g/mol. The van der Waals surface area contributed by atoms with E-state index < -0.39 is 23.3 Å². The van der Waals surface area contributed by atoms with E-state index in [1.54, 1.807) is 0 Å². The molecule has 0 aliphatic rings. The van der Waals surface area contributed by atoms with Gasteiger partial charge in [-0.1, -0.05) is 0 Å². The molecule has 18 heavy (non-hydrogen) atoms. The number of carbonyl (C=O) groups is 2. The summed E-state index contributed by atoms with van der Waals surface area (Å²) in [6.07, 6.45) is -4.42. The van der Waals surface area contributed by atoms with E-state index in [0.717, 1.165) is 12.1 Å². The molecule has 0 bridgehead atoms. The third-order valence-electron chi connectivity index (χ3n) is 2.33. The Morgan fingerprint density at radius 2 is 1.83 bits per heavy atom. The van der Waals surface area contributed by atoms with Crippen molar-refractivity contribution >= 4 is 11.8 Å². The van der Waals surface area contributed by atoms with Crippen molar-refractivity contribution in [2.75, 3.05) is 0 Å². The van der Waals surface area contributed by atoms with Crippen molar-refractivity contribution in [2.24, 2.45) is 0 Å². The molecule has 0 aromatic heterocycles. The summed E-state index contributed by atoms with van der Waals surface area (Å²) < 4.78 is 37.7. The van der Waals surface area contributed by atoms with Crippen LogP contribution < -0.4 is 0 Å². The number of aromatic carboxylic acids is 1. The number of carboxylic acid groups (broad SMARTS) is 1. The molecule has 0 saturated heterocycles. The average Bonchev–Trinajstić information content (AvgIpc) is 2.24. The normalized spacial score (nSPS) is 11.3. The van der Waals surface area contributed by atoms with Gasteiger partial charge in [-0.05, 0) is 37.1 Å². The van der Waals surface area contributed by atoms with Crippen molar-refractivity contribution in [2.45, 2.75) is 25.9 Å². The fraction of sp³-hybridized carbons (Fsp3) is 0.333. The molecule has 0 aliphatic heterocycles. The topological polar surface area (TPSA) is 54.4 Å². The number of hydrogen-bond acceptors (Lipinski definition) is 2. The third kappa shape index (κ3) is 3.87. The molecule has 0 heterocycles. The van der Waals surface area contributed by atoms with Gasteiger partial charge in [0.2, 0.25) is 0 Å². The molecule has 0 atom stereocenters. The Bertz CT molecular complexity index is 478. The molecule has 1 aromatic carbocycles. The van der Waals surface area contributed by atoms with Crippen molar-refractivity contribution < 1.29 is 27.9 Å². The van der Waals surface area contributed by atoms with Crippen LogP contribution >= 0.6 is 0 Å². The van der Waals surface area contributed by atoms with E-state index in [9.17, 15) is 22.8 Å². The summed E-state index contributed by atoms with van der Waals surface area (Å²) in [6, 6.07) is 2.61. The molecular formula is C12H11F3O3. The average molecular weight is 260 g/mol. The van der Waals surface area contributed by atoms with Crippen LogP contribution in [-0.2, 0) is 17.4 Å². The van der Waals surface area contributed by atoms with Crippen molar-refractivity contribution in [1.82, 2.24) is 0 Å². The van der Waals surface area contributed by atoms with Gasteiger partial charge in [-0.3, -0.25) is 0 Å². The smallest absolute Gasteiger partial charge is 0.416 e. The zero-order chi connectivity index (χ0) is 13.9.